The maximum Gasteiger partial charge on any atom is 0.276 e. The number of ether oxygens (including phenoxy) is 2. The Kier molecular flexibility index (Phi) is 5.03. The summed E-state index contributed by atoms with van der Waals surface area (Å²) in [4.78, 5) is 12.5. The van der Waals surface area contributed by atoms with Gasteiger partial charge < -0.3 is 20.1 Å². The molecule has 0 saturated carbocycles. The van der Waals surface area contributed by atoms with E-state index in [0.717, 1.165) is 39.4 Å². The number of carbonyl (C=O) groups excluding carboxylic acids is 1. The molecule has 0 spiro atoms. The van der Waals surface area contributed by atoms with Gasteiger partial charge in [0.1, 0.15) is 5.82 Å². The molecule has 1 amide bonds. The highest BCUT2D eigenvalue weighted by Crippen LogP contribution is 2.32. The van der Waals surface area contributed by atoms with Crippen LogP contribution in [0.25, 0.3) is 0 Å². The van der Waals surface area contributed by atoms with E-state index in [1.165, 1.54) is 0 Å². The highest BCUT2D eigenvalue weighted by Gasteiger charge is 2.14. The van der Waals surface area contributed by atoms with Crippen molar-refractivity contribution in [2.75, 3.05) is 17.4 Å². The zero-order valence-corrected chi connectivity index (χ0v) is 16.6. The lowest BCUT2D eigenvalue weighted by Crippen LogP contribution is -2.16. The van der Waals surface area contributed by atoms with E-state index in [2.05, 4.69) is 20.8 Å². The van der Waals surface area contributed by atoms with Crippen molar-refractivity contribution in [3.8, 4) is 11.5 Å². The molecule has 29 heavy (non-hydrogen) atoms. The molecule has 148 valence electrons. The molecule has 0 atom stereocenters. The van der Waals surface area contributed by atoms with Crippen LogP contribution in [0.3, 0.4) is 0 Å². The van der Waals surface area contributed by atoms with E-state index in [1.54, 1.807) is 12.1 Å². The van der Waals surface area contributed by atoms with Crippen LogP contribution >= 0.6 is 0 Å². The summed E-state index contributed by atoms with van der Waals surface area (Å²) in [5.74, 6) is 1.80. The van der Waals surface area contributed by atoms with Gasteiger partial charge in [-0.1, -0.05) is 23.8 Å². The van der Waals surface area contributed by atoms with Crippen LogP contribution in [0, 0.1) is 20.8 Å². The van der Waals surface area contributed by atoms with Crippen molar-refractivity contribution in [2.24, 2.45) is 0 Å². The lowest BCUT2D eigenvalue weighted by Gasteiger charge is -2.12. The number of anilines is 2. The third-order valence-corrected chi connectivity index (χ3v) is 4.72. The Morgan fingerprint density at radius 3 is 2.45 bits per heavy atom. The van der Waals surface area contributed by atoms with Crippen LogP contribution in [0.1, 0.15) is 32.7 Å². The van der Waals surface area contributed by atoms with Gasteiger partial charge in [-0.05, 0) is 61.7 Å². The summed E-state index contributed by atoms with van der Waals surface area (Å²) in [7, 11) is 0. The number of nitrogens with zero attached hydrogens (tertiary/aromatic N) is 2. The first-order chi connectivity index (χ1) is 14.0. The maximum absolute atomic E-state index is 12.5. The fourth-order valence-corrected chi connectivity index (χ4v) is 3.35. The summed E-state index contributed by atoms with van der Waals surface area (Å²) in [6.45, 7) is 6.79. The van der Waals surface area contributed by atoms with E-state index < -0.39 is 0 Å². The second kappa shape index (κ2) is 7.79. The zero-order chi connectivity index (χ0) is 20.4. The van der Waals surface area contributed by atoms with Gasteiger partial charge in [-0.25, -0.2) is 0 Å². The molecule has 0 fully saturated rings. The summed E-state index contributed by atoms with van der Waals surface area (Å²) < 4.78 is 10.7. The summed E-state index contributed by atoms with van der Waals surface area (Å²) in [6, 6.07) is 13.2. The zero-order valence-electron chi connectivity index (χ0n) is 16.6. The van der Waals surface area contributed by atoms with Gasteiger partial charge in [0.15, 0.2) is 17.2 Å². The molecule has 0 radical (unpaired) electrons. The molecule has 4 rings (SSSR count). The molecular formula is C22H22N4O3. The van der Waals surface area contributed by atoms with E-state index in [1.807, 2.05) is 51.1 Å². The molecule has 0 bridgehead atoms. The van der Waals surface area contributed by atoms with Crippen molar-refractivity contribution in [1.29, 1.82) is 0 Å². The third kappa shape index (κ3) is 4.13. The molecule has 7 heteroatoms. The van der Waals surface area contributed by atoms with Crippen molar-refractivity contribution < 1.29 is 14.3 Å². The van der Waals surface area contributed by atoms with Crippen LogP contribution in [0.5, 0.6) is 11.5 Å². The van der Waals surface area contributed by atoms with Gasteiger partial charge in [0, 0.05) is 12.2 Å². The fourth-order valence-electron chi connectivity index (χ4n) is 3.35. The first-order valence-corrected chi connectivity index (χ1v) is 9.35. The Balaban J connectivity index is 1.39. The van der Waals surface area contributed by atoms with E-state index >= 15 is 0 Å². The number of nitrogens with one attached hydrogen (secondary N) is 2. The molecule has 0 unspecified atom stereocenters. The van der Waals surface area contributed by atoms with E-state index in [0.29, 0.717) is 12.4 Å². The Labute approximate surface area is 169 Å². The first-order valence-electron chi connectivity index (χ1n) is 9.35. The molecule has 1 aliphatic heterocycles. The van der Waals surface area contributed by atoms with Crippen molar-refractivity contribution in [3.05, 3.63) is 70.4 Å². The number of hydrogen-bond donors (Lipinski definition) is 2. The summed E-state index contributed by atoms with van der Waals surface area (Å²) >= 11 is 0. The first kappa shape index (κ1) is 18.7. The topological polar surface area (TPSA) is 85.4 Å². The minimum absolute atomic E-state index is 0.253. The lowest BCUT2D eigenvalue weighted by molar-refractivity contribution is 0.102. The van der Waals surface area contributed by atoms with Gasteiger partial charge in [0.25, 0.3) is 5.91 Å². The molecule has 7 nitrogen and oxygen atoms in total. The molecule has 1 aromatic heterocycles. The highest BCUT2D eigenvalue weighted by molar-refractivity contribution is 6.03. The van der Waals surface area contributed by atoms with Crippen LogP contribution < -0.4 is 20.1 Å². The SMILES string of the molecule is Cc1cc(C)c(NC(=O)c2ccc(NCc3ccc4c(c3)OCO4)nn2)c(C)c1. The molecular weight excluding hydrogens is 368 g/mol. The van der Waals surface area contributed by atoms with Crippen LogP contribution in [0.4, 0.5) is 11.5 Å². The van der Waals surface area contributed by atoms with Gasteiger partial charge in [-0.2, -0.15) is 0 Å². The molecule has 2 heterocycles. The third-order valence-electron chi connectivity index (χ3n) is 4.72. The quantitative estimate of drug-likeness (QED) is 0.685. The number of rotatable bonds is 5. The fraction of sp³-hybridized carbons (Fsp3) is 0.227. The van der Waals surface area contributed by atoms with E-state index in [4.69, 9.17) is 9.47 Å². The summed E-state index contributed by atoms with van der Waals surface area (Å²) in [6.07, 6.45) is 0. The van der Waals surface area contributed by atoms with E-state index in [9.17, 15) is 4.79 Å². The minimum Gasteiger partial charge on any atom is -0.454 e. The second-order valence-electron chi connectivity index (χ2n) is 7.07. The van der Waals surface area contributed by atoms with Crippen LogP contribution in [0.15, 0.2) is 42.5 Å². The van der Waals surface area contributed by atoms with Crippen molar-refractivity contribution in [2.45, 2.75) is 27.3 Å². The van der Waals surface area contributed by atoms with Gasteiger partial charge in [-0.15, -0.1) is 10.2 Å². The maximum atomic E-state index is 12.5. The normalized spacial score (nSPS) is 12.0. The Morgan fingerprint density at radius 2 is 1.72 bits per heavy atom. The molecule has 1 aliphatic rings. The highest BCUT2D eigenvalue weighted by atomic mass is 16.7. The predicted molar refractivity (Wildman–Crippen MR) is 111 cm³/mol. The predicted octanol–water partition coefficient (Wildman–Crippen LogP) is 3.99. The summed E-state index contributed by atoms with van der Waals surface area (Å²) in [5, 5.41) is 14.3. The molecule has 0 aliphatic carbocycles. The molecule has 2 aromatic carbocycles. The Bertz CT molecular complexity index is 1040. The largest absolute Gasteiger partial charge is 0.454 e. The number of benzene rings is 2. The van der Waals surface area contributed by atoms with Crippen LogP contribution in [-0.4, -0.2) is 22.9 Å². The number of hydrogen-bond acceptors (Lipinski definition) is 6. The van der Waals surface area contributed by atoms with Crippen molar-refractivity contribution >= 4 is 17.4 Å². The lowest BCUT2D eigenvalue weighted by atomic mass is 10.1. The Hall–Kier alpha value is -3.61. The standard InChI is InChI=1S/C22H22N4O3/c1-13-8-14(2)21(15(3)9-13)24-22(27)17-5-7-20(26-25-17)23-11-16-4-6-18-19(10-16)29-12-28-18/h4-10H,11-12H2,1-3H3,(H,23,26)(H,24,27). The number of carbonyl (C=O) groups is 1. The minimum atomic E-state index is -0.283. The monoisotopic (exact) mass is 390 g/mol. The number of amides is 1. The summed E-state index contributed by atoms with van der Waals surface area (Å²) in [5.41, 5.74) is 5.31. The van der Waals surface area contributed by atoms with Crippen LogP contribution in [0.2, 0.25) is 0 Å². The van der Waals surface area contributed by atoms with Crippen molar-refractivity contribution in [3.63, 3.8) is 0 Å². The number of aromatic nitrogens is 2. The van der Waals surface area contributed by atoms with Gasteiger partial charge >= 0.3 is 0 Å². The number of aryl methyl sites for hydroxylation is 3. The average Bonchev–Trinajstić information content (AvgIpc) is 3.17. The Morgan fingerprint density at radius 1 is 0.966 bits per heavy atom. The van der Waals surface area contributed by atoms with Crippen LogP contribution in [-0.2, 0) is 6.54 Å². The number of fused-ring (bicyclic) bond motifs is 1. The second-order valence-corrected chi connectivity index (χ2v) is 7.07. The van der Waals surface area contributed by atoms with Gasteiger partial charge in [0.05, 0.1) is 0 Å². The van der Waals surface area contributed by atoms with Gasteiger partial charge in [0.2, 0.25) is 6.79 Å². The van der Waals surface area contributed by atoms with E-state index in [-0.39, 0.29) is 18.4 Å². The smallest absolute Gasteiger partial charge is 0.276 e. The van der Waals surface area contributed by atoms with Crippen molar-refractivity contribution in [1.82, 2.24) is 10.2 Å². The molecule has 2 N–H and O–H groups in total. The average molecular weight is 390 g/mol. The molecule has 3 aromatic rings. The van der Waals surface area contributed by atoms with Gasteiger partial charge in [-0.3, -0.25) is 4.79 Å². The molecule has 0 saturated heterocycles.